The van der Waals surface area contributed by atoms with Crippen molar-refractivity contribution in [1.82, 2.24) is 5.32 Å². The zero-order valence-corrected chi connectivity index (χ0v) is 15.3. The van der Waals surface area contributed by atoms with E-state index in [0.717, 1.165) is 4.90 Å². The van der Waals surface area contributed by atoms with Gasteiger partial charge in [0.25, 0.3) is 11.8 Å². The highest BCUT2D eigenvalue weighted by Gasteiger charge is 2.37. The molecule has 0 atom stereocenters. The second-order valence-corrected chi connectivity index (χ2v) is 6.45. The molecule has 0 bridgehead atoms. The number of furan rings is 1. The number of amides is 4. The largest absolute Gasteiger partial charge is 0.457 e. The number of carbonyl (C=O) groups is 3. The summed E-state index contributed by atoms with van der Waals surface area (Å²) in [7, 11) is 0. The number of para-hydroxylation sites is 1. The van der Waals surface area contributed by atoms with Crippen molar-refractivity contribution >= 4 is 29.6 Å². The molecule has 2 heterocycles. The van der Waals surface area contributed by atoms with Crippen molar-refractivity contribution in [3.05, 3.63) is 83.4 Å². The number of nitrogens with one attached hydrogen (secondary N) is 1. The zero-order valence-electron chi connectivity index (χ0n) is 15.3. The van der Waals surface area contributed by atoms with Crippen LogP contribution in [0.2, 0.25) is 0 Å². The van der Waals surface area contributed by atoms with Crippen LogP contribution in [0.25, 0.3) is 17.4 Å². The first kappa shape index (κ1) is 18.4. The van der Waals surface area contributed by atoms with Gasteiger partial charge in [-0.25, -0.2) is 14.1 Å². The fourth-order valence-electron chi connectivity index (χ4n) is 3.03. The molecule has 0 saturated carbocycles. The molecule has 1 N–H and O–H groups in total. The van der Waals surface area contributed by atoms with Crippen LogP contribution in [0.5, 0.6) is 0 Å². The number of imide groups is 2. The zero-order chi connectivity index (χ0) is 20.5. The summed E-state index contributed by atoms with van der Waals surface area (Å²) in [5, 5.41) is 2.18. The molecule has 0 spiro atoms. The lowest BCUT2D eigenvalue weighted by molar-refractivity contribution is -0.122. The van der Waals surface area contributed by atoms with Gasteiger partial charge in [0.15, 0.2) is 0 Å². The Bertz CT molecular complexity index is 1160. The van der Waals surface area contributed by atoms with Crippen molar-refractivity contribution < 1.29 is 23.2 Å². The van der Waals surface area contributed by atoms with Crippen molar-refractivity contribution in [3.8, 4) is 11.3 Å². The summed E-state index contributed by atoms with van der Waals surface area (Å²) in [6, 6.07) is 15.0. The smallest absolute Gasteiger partial charge is 0.335 e. The number of anilines is 1. The number of hydrogen-bond acceptors (Lipinski definition) is 4. The highest BCUT2D eigenvalue weighted by atomic mass is 19.1. The quantitative estimate of drug-likeness (QED) is 0.540. The number of halogens is 1. The van der Waals surface area contributed by atoms with E-state index in [4.69, 9.17) is 4.42 Å². The van der Waals surface area contributed by atoms with E-state index in [0.29, 0.717) is 22.6 Å². The number of benzene rings is 2. The Morgan fingerprint density at radius 1 is 0.966 bits per heavy atom. The second kappa shape index (κ2) is 7.20. The summed E-state index contributed by atoms with van der Waals surface area (Å²) in [5.74, 6) is -1.21. The number of rotatable bonds is 3. The SMILES string of the molecule is Cc1ccccc1N1C(=O)NC(=O)/C(=C\c2ccc(-c3ccc(F)cc3)o2)C1=O. The third-order valence-electron chi connectivity index (χ3n) is 4.50. The maximum absolute atomic E-state index is 13.1. The molecule has 1 fully saturated rings. The van der Waals surface area contributed by atoms with E-state index in [2.05, 4.69) is 5.32 Å². The minimum absolute atomic E-state index is 0.229. The van der Waals surface area contributed by atoms with Crippen molar-refractivity contribution in [2.75, 3.05) is 4.90 Å². The molecule has 29 heavy (non-hydrogen) atoms. The normalized spacial score (nSPS) is 15.7. The van der Waals surface area contributed by atoms with Crippen LogP contribution < -0.4 is 10.2 Å². The van der Waals surface area contributed by atoms with Crippen LogP contribution in [0.1, 0.15) is 11.3 Å². The summed E-state index contributed by atoms with van der Waals surface area (Å²) >= 11 is 0. The van der Waals surface area contributed by atoms with E-state index in [-0.39, 0.29) is 17.2 Å². The Labute approximate surface area is 165 Å². The van der Waals surface area contributed by atoms with Crippen LogP contribution in [-0.2, 0) is 9.59 Å². The average Bonchev–Trinajstić information content (AvgIpc) is 3.16. The molecule has 1 aliphatic heterocycles. The van der Waals surface area contributed by atoms with E-state index in [1.807, 2.05) is 0 Å². The van der Waals surface area contributed by atoms with Gasteiger partial charge in [0.05, 0.1) is 5.69 Å². The van der Waals surface area contributed by atoms with Crippen LogP contribution in [0.4, 0.5) is 14.9 Å². The van der Waals surface area contributed by atoms with Crippen molar-refractivity contribution in [2.45, 2.75) is 6.92 Å². The third-order valence-corrected chi connectivity index (χ3v) is 4.50. The molecule has 0 radical (unpaired) electrons. The highest BCUT2D eigenvalue weighted by Crippen LogP contribution is 2.27. The van der Waals surface area contributed by atoms with Crippen LogP contribution in [0, 0.1) is 12.7 Å². The highest BCUT2D eigenvalue weighted by molar-refractivity contribution is 6.39. The Morgan fingerprint density at radius 2 is 1.69 bits per heavy atom. The standard InChI is InChI=1S/C22H15FN2O4/c1-13-4-2-3-5-18(13)25-21(27)17(20(26)24-22(25)28)12-16-10-11-19(29-16)14-6-8-15(23)9-7-14/h2-12H,1H3,(H,24,26,28)/b17-12+. The average molecular weight is 390 g/mol. The molecule has 0 aliphatic carbocycles. The van der Waals surface area contributed by atoms with E-state index < -0.39 is 17.8 Å². The molecule has 4 rings (SSSR count). The maximum atomic E-state index is 13.1. The van der Waals surface area contributed by atoms with Gasteiger partial charge in [0.2, 0.25) is 0 Å². The van der Waals surface area contributed by atoms with Gasteiger partial charge in [-0.05, 0) is 61.0 Å². The van der Waals surface area contributed by atoms with Gasteiger partial charge >= 0.3 is 6.03 Å². The van der Waals surface area contributed by atoms with Crippen molar-refractivity contribution in [1.29, 1.82) is 0 Å². The van der Waals surface area contributed by atoms with Gasteiger partial charge in [-0.15, -0.1) is 0 Å². The predicted molar refractivity (Wildman–Crippen MR) is 104 cm³/mol. The minimum Gasteiger partial charge on any atom is -0.457 e. The summed E-state index contributed by atoms with van der Waals surface area (Å²) in [5.41, 5.74) is 1.51. The monoisotopic (exact) mass is 390 g/mol. The molecule has 0 unspecified atom stereocenters. The Hall–Kier alpha value is -4.00. The van der Waals surface area contributed by atoms with E-state index in [1.165, 1.54) is 18.2 Å². The molecule has 144 valence electrons. The molecule has 3 aromatic rings. The van der Waals surface area contributed by atoms with E-state index in [9.17, 15) is 18.8 Å². The number of urea groups is 1. The molecule has 1 aliphatic rings. The van der Waals surface area contributed by atoms with Crippen molar-refractivity contribution in [2.24, 2.45) is 0 Å². The van der Waals surface area contributed by atoms with E-state index in [1.54, 1.807) is 55.5 Å². The van der Waals surface area contributed by atoms with Gasteiger partial charge in [-0.2, -0.15) is 0 Å². The van der Waals surface area contributed by atoms with Gasteiger partial charge in [-0.1, -0.05) is 18.2 Å². The number of hydrogen-bond donors (Lipinski definition) is 1. The summed E-state index contributed by atoms with van der Waals surface area (Å²) in [6.07, 6.45) is 1.28. The fourth-order valence-corrected chi connectivity index (χ4v) is 3.03. The molecule has 4 amide bonds. The van der Waals surface area contributed by atoms with Gasteiger partial charge in [-0.3, -0.25) is 14.9 Å². The topological polar surface area (TPSA) is 79.6 Å². The van der Waals surface area contributed by atoms with Crippen LogP contribution in [0.15, 0.2) is 70.7 Å². The summed E-state index contributed by atoms with van der Waals surface area (Å²) in [6.45, 7) is 1.76. The Kier molecular flexibility index (Phi) is 4.56. The molecular formula is C22H15FN2O4. The number of aryl methyl sites for hydroxylation is 1. The molecule has 6 nitrogen and oxygen atoms in total. The summed E-state index contributed by atoms with van der Waals surface area (Å²) in [4.78, 5) is 38.4. The summed E-state index contributed by atoms with van der Waals surface area (Å²) < 4.78 is 18.8. The van der Waals surface area contributed by atoms with Gasteiger partial charge < -0.3 is 4.42 Å². The third kappa shape index (κ3) is 3.45. The molecule has 2 aromatic carbocycles. The van der Waals surface area contributed by atoms with Crippen LogP contribution in [-0.4, -0.2) is 17.8 Å². The molecule has 7 heteroatoms. The lowest BCUT2D eigenvalue weighted by Gasteiger charge is -2.27. The lowest BCUT2D eigenvalue weighted by Crippen LogP contribution is -2.54. The number of barbiturate groups is 1. The first-order chi connectivity index (χ1) is 13.9. The van der Waals surface area contributed by atoms with Crippen LogP contribution in [0.3, 0.4) is 0 Å². The lowest BCUT2D eigenvalue weighted by atomic mass is 10.1. The molecule has 1 aromatic heterocycles. The van der Waals surface area contributed by atoms with Gasteiger partial charge in [0.1, 0.15) is 22.9 Å². The first-order valence-electron chi connectivity index (χ1n) is 8.77. The van der Waals surface area contributed by atoms with E-state index >= 15 is 0 Å². The van der Waals surface area contributed by atoms with Crippen LogP contribution >= 0.6 is 0 Å². The number of nitrogens with zero attached hydrogens (tertiary/aromatic N) is 1. The second-order valence-electron chi connectivity index (χ2n) is 6.45. The minimum atomic E-state index is -0.808. The molecular weight excluding hydrogens is 375 g/mol. The van der Waals surface area contributed by atoms with Gasteiger partial charge in [0, 0.05) is 5.56 Å². The Morgan fingerprint density at radius 3 is 2.41 bits per heavy atom. The predicted octanol–water partition coefficient (Wildman–Crippen LogP) is 4.06. The van der Waals surface area contributed by atoms with Crippen molar-refractivity contribution in [3.63, 3.8) is 0 Å². The first-order valence-corrected chi connectivity index (χ1v) is 8.77. The maximum Gasteiger partial charge on any atom is 0.335 e. The Balaban J connectivity index is 1.68. The fraction of sp³-hybridized carbons (Fsp3) is 0.0455. The number of carbonyl (C=O) groups excluding carboxylic acids is 3. The molecule has 1 saturated heterocycles.